The van der Waals surface area contributed by atoms with Crippen LogP contribution in [0.15, 0.2) is 63.8 Å². The molecule has 1 aromatic carbocycles. The van der Waals surface area contributed by atoms with E-state index in [1.807, 2.05) is 40.5 Å². The number of hydrogen-bond acceptors (Lipinski definition) is 7. The van der Waals surface area contributed by atoms with Gasteiger partial charge in [0, 0.05) is 17.1 Å². The molecule has 1 fully saturated rings. The molecule has 0 N–H and O–H groups in total. The van der Waals surface area contributed by atoms with Crippen LogP contribution in [-0.4, -0.2) is 37.2 Å². The van der Waals surface area contributed by atoms with Crippen LogP contribution in [0.3, 0.4) is 0 Å². The topological polar surface area (TPSA) is 70.2 Å². The largest absolute Gasteiger partial charge is 0.493 e. The number of fused-ring (bicyclic) bond motifs is 1. The van der Waals surface area contributed by atoms with Gasteiger partial charge in [-0.05, 0) is 59.9 Å². The number of methoxy groups -OCH3 is 3. The Morgan fingerprint density at radius 1 is 1.14 bits per heavy atom. The Morgan fingerprint density at radius 3 is 2.51 bits per heavy atom. The molecule has 8 heteroatoms. The molecule has 3 aliphatic carbocycles. The fraction of sp³-hybridized carbons (Fsp3) is 0.370. The Kier molecular flexibility index (Phi) is 6.23. The lowest BCUT2D eigenvalue weighted by Crippen LogP contribution is -2.48. The number of rotatable bonds is 7. The normalized spacial score (nSPS) is 20.9. The minimum Gasteiger partial charge on any atom is -0.493 e. The molecule has 0 spiro atoms. The van der Waals surface area contributed by atoms with Crippen molar-refractivity contribution in [3.8, 4) is 28.5 Å². The third-order valence-electron chi connectivity index (χ3n) is 7.35. The quantitative estimate of drug-likeness (QED) is 0.399. The van der Waals surface area contributed by atoms with Gasteiger partial charge in [-0.3, -0.25) is 4.98 Å². The summed E-state index contributed by atoms with van der Waals surface area (Å²) in [4.78, 5) is 9.77. The summed E-state index contributed by atoms with van der Waals surface area (Å²) in [6.45, 7) is 4.74. The highest BCUT2D eigenvalue weighted by molar-refractivity contribution is 7.07. The molecule has 0 amide bonds. The maximum Gasteiger partial charge on any atom is 0.211 e. The number of benzene rings is 1. The van der Waals surface area contributed by atoms with Gasteiger partial charge in [0.25, 0.3) is 0 Å². The summed E-state index contributed by atoms with van der Waals surface area (Å²) in [7, 11) is 4.84. The van der Waals surface area contributed by atoms with Gasteiger partial charge in [0.2, 0.25) is 10.6 Å². The average Bonchev–Trinajstić information content (AvgIpc) is 3.29. The van der Waals surface area contributed by atoms with Crippen LogP contribution in [0.1, 0.15) is 26.7 Å². The van der Waals surface area contributed by atoms with E-state index in [1.165, 1.54) is 23.3 Å². The molecule has 35 heavy (non-hydrogen) atoms. The first-order valence-electron chi connectivity index (χ1n) is 11.7. The Morgan fingerprint density at radius 2 is 1.91 bits per heavy atom. The van der Waals surface area contributed by atoms with Gasteiger partial charge in [-0.15, -0.1) is 11.3 Å². The number of ether oxygens (including phenoxy) is 3. The number of hydrogen-bond donors (Lipinski definition) is 0. The molecule has 2 unspecified atom stereocenters. The predicted octanol–water partition coefficient (Wildman–Crippen LogP) is 5.70. The van der Waals surface area contributed by atoms with E-state index in [9.17, 15) is 0 Å². The lowest BCUT2D eigenvalue weighted by Gasteiger charge is -2.55. The van der Waals surface area contributed by atoms with Crippen molar-refractivity contribution in [1.82, 2.24) is 9.66 Å². The van der Waals surface area contributed by atoms with Crippen LogP contribution in [0.2, 0.25) is 0 Å². The Labute approximate surface area is 209 Å². The van der Waals surface area contributed by atoms with Crippen molar-refractivity contribution in [3.63, 3.8) is 0 Å². The summed E-state index contributed by atoms with van der Waals surface area (Å²) in [5, 5.41) is 7.01. The molecule has 2 bridgehead atoms. The summed E-state index contributed by atoms with van der Waals surface area (Å²) in [6.07, 6.45) is 10.2. The van der Waals surface area contributed by atoms with E-state index >= 15 is 0 Å². The van der Waals surface area contributed by atoms with E-state index < -0.39 is 0 Å². The second kappa shape index (κ2) is 9.34. The van der Waals surface area contributed by atoms with Crippen molar-refractivity contribution < 1.29 is 14.2 Å². The molecule has 182 valence electrons. The number of aromatic nitrogens is 2. The minimum absolute atomic E-state index is 0.331. The zero-order valence-electron chi connectivity index (χ0n) is 20.7. The van der Waals surface area contributed by atoms with E-state index in [1.54, 1.807) is 33.7 Å². The van der Waals surface area contributed by atoms with Crippen LogP contribution < -0.4 is 19.0 Å². The zero-order valence-corrected chi connectivity index (χ0v) is 21.5. The molecular formula is C27H30N4O3S. The standard InChI is InChI=1S/C27H30N4O3S/c1-27(2)19-9-8-17(21(27)13-19)14-29-31-22(16-35-26(31)30-20-7-6-10-28-15-20)18-11-23(32-3)25(34-5)24(12-18)33-4/h6-8,10-12,14-16,19,21H,9,13H2,1-5H3. The maximum absolute atomic E-state index is 5.59. The van der Waals surface area contributed by atoms with Crippen LogP contribution in [0.4, 0.5) is 5.69 Å². The first-order chi connectivity index (χ1) is 17.0. The Hall–Kier alpha value is -3.39. The second-order valence-electron chi connectivity index (χ2n) is 9.44. The lowest BCUT2D eigenvalue weighted by molar-refractivity contribution is -0.00126. The molecule has 3 aromatic rings. The number of pyridine rings is 1. The highest BCUT2D eigenvalue weighted by Crippen LogP contribution is 2.58. The molecule has 0 aliphatic heterocycles. The fourth-order valence-corrected chi connectivity index (χ4v) is 5.97. The van der Waals surface area contributed by atoms with E-state index in [-0.39, 0.29) is 0 Å². The van der Waals surface area contributed by atoms with Gasteiger partial charge >= 0.3 is 0 Å². The van der Waals surface area contributed by atoms with Crippen LogP contribution in [0, 0.1) is 17.3 Å². The van der Waals surface area contributed by atoms with Crippen LogP contribution in [-0.2, 0) is 0 Å². The third kappa shape index (κ3) is 4.16. The SMILES string of the molecule is COc1cc(-c2csc(=Nc3cccnc3)n2N=CC2=CCC3CC2C3(C)C)cc(OC)c1OC. The smallest absolute Gasteiger partial charge is 0.211 e. The predicted molar refractivity (Wildman–Crippen MR) is 139 cm³/mol. The molecule has 2 atom stereocenters. The highest BCUT2D eigenvalue weighted by atomic mass is 32.1. The van der Waals surface area contributed by atoms with Crippen molar-refractivity contribution in [3.05, 3.63) is 58.5 Å². The fourth-order valence-electron chi connectivity index (χ4n) is 5.12. The molecule has 6 rings (SSSR count). The Balaban J connectivity index is 1.63. The number of thiazole rings is 1. The van der Waals surface area contributed by atoms with Crippen molar-refractivity contribution in [1.29, 1.82) is 0 Å². The van der Waals surface area contributed by atoms with Crippen LogP contribution in [0.25, 0.3) is 11.3 Å². The van der Waals surface area contributed by atoms with Gasteiger partial charge in [0.05, 0.1) is 45.1 Å². The van der Waals surface area contributed by atoms with Gasteiger partial charge in [-0.2, -0.15) is 5.10 Å². The van der Waals surface area contributed by atoms with Crippen molar-refractivity contribution in [2.45, 2.75) is 26.7 Å². The minimum atomic E-state index is 0.331. The second-order valence-corrected chi connectivity index (χ2v) is 10.3. The molecule has 2 aromatic heterocycles. The van der Waals surface area contributed by atoms with E-state index in [0.717, 1.165) is 34.1 Å². The maximum atomic E-state index is 5.59. The van der Waals surface area contributed by atoms with Crippen molar-refractivity contribution in [2.24, 2.45) is 27.3 Å². The summed E-state index contributed by atoms with van der Waals surface area (Å²) in [6, 6.07) is 7.67. The van der Waals surface area contributed by atoms with Gasteiger partial charge in [0.15, 0.2) is 11.5 Å². The summed E-state index contributed by atoms with van der Waals surface area (Å²) < 4.78 is 18.6. The van der Waals surface area contributed by atoms with E-state index in [4.69, 9.17) is 24.3 Å². The number of nitrogens with zero attached hydrogens (tertiary/aromatic N) is 4. The number of allylic oxidation sites excluding steroid dienone is 2. The van der Waals surface area contributed by atoms with E-state index in [2.05, 4.69) is 24.9 Å². The first-order valence-corrected chi connectivity index (χ1v) is 12.5. The zero-order chi connectivity index (χ0) is 24.6. The Bertz CT molecular complexity index is 1330. The molecular weight excluding hydrogens is 460 g/mol. The summed E-state index contributed by atoms with van der Waals surface area (Å²) >= 11 is 1.52. The van der Waals surface area contributed by atoms with Gasteiger partial charge in [-0.25, -0.2) is 9.67 Å². The van der Waals surface area contributed by atoms with Gasteiger partial charge in [-0.1, -0.05) is 19.9 Å². The van der Waals surface area contributed by atoms with Crippen molar-refractivity contribution >= 4 is 23.2 Å². The summed E-state index contributed by atoms with van der Waals surface area (Å²) in [5.74, 6) is 3.06. The van der Waals surface area contributed by atoms with Crippen molar-refractivity contribution in [2.75, 3.05) is 21.3 Å². The molecule has 1 saturated carbocycles. The molecule has 3 aliphatic rings. The summed E-state index contributed by atoms with van der Waals surface area (Å²) in [5.41, 5.74) is 4.18. The van der Waals surface area contributed by atoms with Gasteiger partial charge < -0.3 is 14.2 Å². The average molecular weight is 491 g/mol. The lowest BCUT2D eigenvalue weighted by atomic mass is 9.49. The molecule has 0 saturated heterocycles. The van der Waals surface area contributed by atoms with Gasteiger partial charge in [0.1, 0.15) is 0 Å². The van der Waals surface area contributed by atoms with E-state index in [0.29, 0.717) is 28.6 Å². The third-order valence-corrected chi connectivity index (χ3v) is 8.17. The molecule has 2 heterocycles. The highest BCUT2D eigenvalue weighted by Gasteiger charge is 2.50. The molecule has 7 nitrogen and oxygen atoms in total. The van der Waals surface area contributed by atoms with Crippen LogP contribution >= 0.6 is 11.3 Å². The van der Waals surface area contributed by atoms with Crippen LogP contribution in [0.5, 0.6) is 17.2 Å². The monoisotopic (exact) mass is 490 g/mol. The first kappa shape index (κ1) is 23.4. The molecule has 0 radical (unpaired) electrons.